The first-order valence-electron chi connectivity index (χ1n) is 15.2. The topological polar surface area (TPSA) is 69.7 Å². The van der Waals surface area contributed by atoms with Crippen LogP contribution in [0.3, 0.4) is 0 Å². The van der Waals surface area contributed by atoms with Gasteiger partial charge in [-0.15, -0.1) is 0 Å². The quantitative estimate of drug-likeness (QED) is 0.209. The van der Waals surface area contributed by atoms with Gasteiger partial charge in [0.2, 0.25) is 0 Å². The predicted molar refractivity (Wildman–Crippen MR) is 176 cm³/mol. The van der Waals surface area contributed by atoms with E-state index in [-0.39, 0.29) is 18.4 Å². The number of piperidine rings is 1. The lowest BCUT2D eigenvalue weighted by Gasteiger charge is -2.32. The molecule has 2 aliphatic rings. The lowest BCUT2D eigenvalue weighted by molar-refractivity contribution is 0.0947. The number of amides is 2. The maximum absolute atomic E-state index is 13.8. The van der Waals surface area contributed by atoms with Crippen LogP contribution in [-0.2, 0) is 23.8 Å². The van der Waals surface area contributed by atoms with E-state index in [0.29, 0.717) is 38.2 Å². The number of hydrogen-bond acceptors (Lipinski definition) is 4. The third-order valence-corrected chi connectivity index (χ3v) is 10.3. The Morgan fingerprint density at radius 1 is 0.864 bits per heavy atom. The molecule has 2 heterocycles. The molecule has 0 aliphatic carbocycles. The molecule has 0 saturated carbocycles. The molecule has 0 aromatic heterocycles. The molecule has 0 bridgehead atoms. The molecule has 2 amide bonds. The highest BCUT2D eigenvalue weighted by molar-refractivity contribution is 7.85. The van der Waals surface area contributed by atoms with Crippen molar-refractivity contribution in [3.05, 3.63) is 124 Å². The lowest BCUT2D eigenvalue weighted by atomic mass is 9.90. The fourth-order valence-electron chi connectivity index (χ4n) is 6.15. The molecule has 8 heteroatoms. The highest BCUT2D eigenvalue weighted by Crippen LogP contribution is 2.36. The summed E-state index contributed by atoms with van der Waals surface area (Å²) >= 11 is 6.24. The third kappa shape index (κ3) is 6.96. The zero-order chi connectivity index (χ0) is 30.5. The second-order valence-corrected chi connectivity index (χ2v) is 13.4. The number of carbonyl (C=O) groups excluding carboxylic acids is 2. The summed E-state index contributed by atoms with van der Waals surface area (Å²) < 4.78 is 13.7. The van der Waals surface area contributed by atoms with E-state index < -0.39 is 10.8 Å². The molecular formula is C36H36ClN3O3S. The Morgan fingerprint density at radius 3 is 2.41 bits per heavy atom. The monoisotopic (exact) mass is 625 g/mol. The van der Waals surface area contributed by atoms with E-state index in [2.05, 4.69) is 40.5 Å². The Morgan fingerprint density at radius 2 is 1.61 bits per heavy atom. The van der Waals surface area contributed by atoms with Crippen molar-refractivity contribution in [2.75, 3.05) is 31.1 Å². The fourth-order valence-corrected chi connectivity index (χ4v) is 7.71. The van der Waals surface area contributed by atoms with Crippen molar-refractivity contribution in [3.8, 4) is 0 Å². The summed E-state index contributed by atoms with van der Waals surface area (Å²) in [7, 11) is -1.58. The van der Waals surface area contributed by atoms with Gasteiger partial charge in [-0.3, -0.25) is 9.59 Å². The summed E-state index contributed by atoms with van der Waals surface area (Å²) in [5.41, 5.74) is 3.53. The van der Waals surface area contributed by atoms with E-state index in [0.717, 1.165) is 44.0 Å². The minimum atomic E-state index is -1.58. The molecule has 1 atom stereocenters. The predicted octanol–water partition coefficient (Wildman–Crippen LogP) is 6.74. The second kappa shape index (κ2) is 13.9. The maximum Gasteiger partial charge on any atom is 0.259 e. The van der Waals surface area contributed by atoms with E-state index in [9.17, 15) is 13.8 Å². The molecule has 6 nitrogen and oxygen atoms in total. The minimum Gasteiger partial charge on any atom is -0.352 e. The summed E-state index contributed by atoms with van der Waals surface area (Å²) in [4.78, 5) is 32.1. The molecular weight excluding hydrogens is 590 g/mol. The number of nitrogens with zero attached hydrogens (tertiary/aromatic N) is 2. The highest BCUT2D eigenvalue weighted by atomic mass is 35.5. The first-order chi connectivity index (χ1) is 21.5. The summed E-state index contributed by atoms with van der Waals surface area (Å²) in [6.45, 7) is 3.91. The van der Waals surface area contributed by atoms with Gasteiger partial charge in [0.25, 0.3) is 11.8 Å². The number of carbonyl (C=O) groups is 2. The third-order valence-electron chi connectivity index (χ3n) is 8.51. The van der Waals surface area contributed by atoms with Crippen molar-refractivity contribution in [2.45, 2.75) is 42.0 Å². The average molecular weight is 626 g/mol. The highest BCUT2D eigenvalue weighted by Gasteiger charge is 2.31. The van der Waals surface area contributed by atoms with Gasteiger partial charge in [0.05, 0.1) is 38.4 Å². The van der Waals surface area contributed by atoms with E-state index in [1.165, 1.54) is 18.4 Å². The number of hydrogen-bond donors (Lipinski definition) is 1. The number of nitrogens with one attached hydrogen (secondary N) is 1. The molecule has 1 fully saturated rings. The lowest BCUT2D eigenvalue weighted by Crippen LogP contribution is -2.36. The molecule has 1 N–H and O–H groups in total. The molecule has 2 aliphatic heterocycles. The number of rotatable bonds is 9. The van der Waals surface area contributed by atoms with Crippen LogP contribution in [0.2, 0.25) is 5.02 Å². The van der Waals surface area contributed by atoms with Crippen LogP contribution in [0.4, 0.5) is 5.69 Å². The van der Waals surface area contributed by atoms with E-state index in [1.54, 1.807) is 53.4 Å². The van der Waals surface area contributed by atoms with Gasteiger partial charge in [-0.2, -0.15) is 0 Å². The van der Waals surface area contributed by atoms with Crippen molar-refractivity contribution in [2.24, 2.45) is 5.92 Å². The standard InChI is InChI=1S/C36H36ClN3O3S/c37-30-11-6-10-28(23-30)25-40-32-24-29(14-15-34(32)44(43)33-13-5-4-12-31(33)36(40)42)35(41)38-18-7-19-39-20-16-27(17-21-39)22-26-8-2-1-3-9-26/h1-6,8-15,23-24,27H,7,16-22,25H2,(H,38,41). The van der Waals surface area contributed by atoms with Gasteiger partial charge in [-0.25, -0.2) is 4.21 Å². The van der Waals surface area contributed by atoms with Gasteiger partial charge in [-0.05, 0) is 105 Å². The van der Waals surface area contributed by atoms with Gasteiger partial charge in [0.1, 0.15) is 0 Å². The van der Waals surface area contributed by atoms with Crippen molar-refractivity contribution < 1.29 is 13.8 Å². The first kappa shape index (κ1) is 30.3. The average Bonchev–Trinajstić information content (AvgIpc) is 3.13. The van der Waals surface area contributed by atoms with Crippen LogP contribution in [0.25, 0.3) is 0 Å². The van der Waals surface area contributed by atoms with Crippen molar-refractivity contribution in [1.29, 1.82) is 0 Å². The summed E-state index contributed by atoms with van der Waals surface area (Å²) in [5, 5.41) is 3.62. The summed E-state index contributed by atoms with van der Waals surface area (Å²) in [5.74, 6) is 0.254. The van der Waals surface area contributed by atoms with E-state index >= 15 is 0 Å². The van der Waals surface area contributed by atoms with Crippen LogP contribution in [-0.4, -0.2) is 47.1 Å². The fraction of sp³-hybridized carbons (Fsp3) is 0.278. The number of halogens is 1. The molecule has 226 valence electrons. The molecule has 1 saturated heterocycles. The minimum absolute atomic E-state index is 0.211. The Labute approximate surface area is 266 Å². The Balaban J connectivity index is 1.10. The summed E-state index contributed by atoms with van der Waals surface area (Å²) in [6.07, 6.45) is 4.41. The molecule has 1 unspecified atom stereocenters. The number of fused-ring (bicyclic) bond motifs is 2. The van der Waals surface area contributed by atoms with Crippen molar-refractivity contribution in [1.82, 2.24) is 10.2 Å². The van der Waals surface area contributed by atoms with E-state index in [1.807, 2.05) is 18.2 Å². The number of benzene rings is 4. The Bertz CT molecular complexity index is 1670. The Hall–Kier alpha value is -3.78. The molecule has 44 heavy (non-hydrogen) atoms. The largest absolute Gasteiger partial charge is 0.352 e. The number of likely N-dealkylation sites (tertiary alicyclic amines) is 1. The van der Waals surface area contributed by atoms with Crippen molar-refractivity contribution in [3.63, 3.8) is 0 Å². The SMILES string of the molecule is O=C(NCCCN1CCC(Cc2ccccc2)CC1)c1ccc2c(c1)N(Cc1cccc(Cl)c1)C(=O)c1ccccc1S2=O. The maximum atomic E-state index is 13.8. The molecule has 0 radical (unpaired) electrons. The zero-order valence-corrected chi connectivity index (χ0v) is 26.2. The first-order valence-corrected chi connectivity index (χ1v) is 16.7. The van der Waals surface area contributed by atoms with Gasteiger partial charge in [0, 0.05) is 17.1 Å². The van der Waals surface area contributed by atoms with E-state index in [4.69, 9.17) is 11.6 Å². The molecule has 6 rings (SSSR count). The van der Waals surface area contributed by atoms with Gasteiger partial charge in [-0.1, -0.05) is 66.2 Å². The van der Waals surface area contributed by atoms with Gasteiger partial charge >= 0.3 is 0 Å². The summed E-state index contributed by atoms with van der Waals surface area (Å²) in [6, 6.07) is 30.1. The Kier molecular flexibility index (Phi) is 9.55. The van der Waals surface area contributed by atoms with Gasteiger partial charge < -0.3 is 15.1 Å². The molecule has 4 aromatic carbocycles. The normalized spacial score (nSPS) is 17.1. The van der Waals surface area contributed by atoms with Crippen LogP contribution >= 0.6 is 11.6 Å². The second-order valence-electron chi connectivity index (χ2n) is 11.6. The smallest absolute Gasteiger partial charge is 0.259 e. The zero-order valence-electron chi connectivity index (χ0n) is 24.6. The van der Waals surface area contributed by atoms with Crippen LogP contribution < -0.4 is 10.2 Å². The van der Waals surface area contributed by atoms with Crippen LogP contribution in [0.5, 0.6) is 0 Å². The number of anilines is 1. The van der Waals surface area contributed by atoms with Crippen LogP contribution in [0, 0.1) is 5.92 Å². The van der Waals surface area contributed by atoms with Crippen molar-refractivity contribution >= 4 is 39.9 Å². The molecule has 0 spiro atoms. The van der Waals surface area contributed by atoms with Crippen LogP contribution in [0.1, 0.15) is 51.1 Å². The molecule has 4 aromatic rings. The van der Waals surface area contributed by atoms with Crippen LogP contribution in [0.15, 0.2) is 107 Å². The van der Waals surface area contributed by atoms with Gasteiger partial charge in [0.15, 0.2) is 0 Å².